The van der Waals surface area contributed by atoms with E-state index in [0.29, 0.717) is 11.4 Å². The Balaban J connectivity index is 2.25. The average Bonchev–Trinajstić information content (AvgIpc) is 2.41. The van der Waals surface area contributed by atoms with Gasteiger partial charge in [-0.25, -0.2) is 4.98 Å². The second kappa shape index (κ2) is 5.31. The summed E-state index contributed by atoms with van der Waals surface area (Å²) in [6, 6.07) is 11.0. The Morgan fingerprint density at radius 3 is 2.72 bits per heavy atom. The lowest BCUT2D eigenvalue weighted by Crippen LogP contribution is -2.14. The number of rotatable bonds is 3. The molecular weight excluding hydrogens is 228 g/mol. The normalized spacial score (nSPS) is 9.89. The van der Waals surface area contributed by atoms with Crippen LogP contribution in [0.1, 0.15) is 15.9 Å². The third-order valence-electron chi connectivity index (χ3n) is 2.60. The van der Waals surface area contributed by atoms with Crippen LogP contribution in [0.4, 0.5) is 5.69 Å². The third kappa shape index (κ3) is 2.48. The van der Waals surface area contributed by atoms with Crippen molar-refractivity contribution >= 4 is 11.6 Å². The Labute approximate surface area is 106 Å². The van der Waals surface area contributed by atoms with Crippen LogP contribution in [0.5, 0.6) is 5.88 Å². The van der Waals surface area contributed by atoms with Crippen molar-refractivity contribution in [1.82, 2.24) is 4.98 Å². The number of amides is 1. The van der Waals surface area contributed by atoms with Gasteiger partial charge in [0, 0.05) is 11.9 Å². The summed E-state index contributed by atoms with van der Waals surface area (Å²) in [7, 11) is 1.49. The SMILES string of the molecule is COc1ncccc1C(=O)Nc1ccccc1C. The van der Waals surface area contributed by atoms with Crippen LogP contribution in [0.2, 0.25) is 0 Å². The highest BCUT2D eigenvalue weighted by Crippen LogP contribution is 2.18. The van der Waals surface area contributed by atoms with Crippen LogP contribution in [0.25, 0.3) is 0 Å². The maximum atomic E-state index is 12.1. The Morgan fingerprint density at radius 2 is 2.00 bits per heavy atom. The number of ether oxygens (including phenoxy) is 1. The Hall–Kier alpha value is -2.36. The van der Waals surface area contributed by atoms with Crippen LogP contribution in [0.15, 0.2) is 42.6 Å². The van der Waals surface area contributed by atoms with Gasteiger partial charge in [-0.15, -0.1) is 0 Å². The number of aromatic nitrogens is 1. The van der Waals surface area contributed by atoms with Gasteiger partial charge in [-0.1, -0.05) is 18.2 Å². The number of aryl methyl sites for hydroxylation is 1. The van der Waals surface area contributed by atoms with Crippen molar-refractivity contribution in [3.63, 3.8) is 0 Å². The molecule has 2 rings (SSSR count). The molecule has 1 aromatic carbocycles. The lowest BCUT2D eigenvalue weighted by molar-refractivity contribution is 0.102. The monoisotopic (exact) mass is 242 g/mol. The summed E-state index contributed by atoms with van der Waals surface area (Å²) < 4.78 is 5.06. The summed E-state index contributed by atoms with van der Waals surface area (Å²) in [6.07, 6.45) is 1.59. The Morgan fingerprint density at radius 1 is 1.22 bits per heavy atom. The molecule has 0 saturated carbocycles. The summed E-state index contributed by atoms with van der Waals surface area (Å²) >= 11 is 0. The summed E-state index contributed by atoms with van der Waals surface area (Å²) in [4.78, 5) is 16.1. The molecule has 1 heterocycles. The van der Waals surface area contributed by atoms with E-state index in [1.807, 2.05) is 31.2 Å². The van der Waals surface area contributed by atoms with Gasteiger partial charge in [0.1, 0.15) is 5.56 Å². The van der Waals surface area contributed by atoms with E-state index in [1.165, 1.54) is 7.11 Å². The number of methoxy groups -OCH3 is 1. The predicted octanol–water partition coefficient (Wildman–Crippen LogP) is 2.65. The first-order chi connectivity index (χ1) is 8.72. The molecule has 1 N–H and O–H groups in total. The van der Waals surface area contributed by atoms with Gasteiger partial charge in [-0.05, 0) is 30.7 Å². The van der Waals surface area contributed by atoms with Gasteiger partial charge >= 0.3 is 0 Å². The minimum Gasteiger partial charge on any atom is -0.480 e. The molecule has 0 saturated heterocycles. The van der Waals surface area contributed by atoms with Crippen LogP contribution in [-0.4, -0.2) is 18.0 Å². The van der Waals surface area contributed by atoms with Crippen molar-refractivity contribution in [1.29, 1.82) is 0 Å². The van der Waals surface area contributed by atoms with E-state index in [9.17, 15) is 4.79 Å². The first-order valence-corrected chi connectivity index (χ1v) is 5.58. The molecule has 2 aromatic rings. The van der Waals surface area contributed by atoms with Crippen LogP contribution in [0.3, 0.4) is 0 Å². The van der Waals surface area contributed by atoms with Crippen LogP contribution < -0.4 is 10.1 Å². The van der Waals surface area contributed by atoms with Crippen molar-refractivity contribution in [2.45, 2.75) is 6.92 Å². The highest BCUT2D eigenvalue weighted by molar-refractivity contribution is 6.06. The zero-order valence-electron chi connectivity index (χ0n) is 10.3. The Kier molecular flexibility index (Phi) is 3.57. The maximum absolute atomic E-state index is 12.1. The number of hydrogen-bond donors (Lipinski definition) is 1. The minimum absolute atomic E-state index is 0.228. The molecule has 0 radical (unpaired) electrons. The number of para-hydroxylation sites is 1. The number of nitrogens with zero attached hydrogens (tertiary/aromatic N) is 1. The summed E-state index contributed by atoms with van der Waals surface area (Å²) in [5.41, 5.74) is 2.21. The highest BCUT2D eigenvalue weighted by atomic mass is 16.5. The lowest BCUT2D eigenvalue weighted by Gasteiger charge is -2.09. The topological polar surface area (TPSA) is 51.2 Å². The smallest absolute Gasteiger partial charge is 0.261 e. The fourth-order valence-corrected chi connectivity index (χ4v) is 1.63. The van der Waals surface area contributed by atoms with Crippen molar-refractivity contribution in [2.24, 2.45) is 0 Å². The number of benzene rings is 1. The fraction of sp³-hybridized carbons (Fsp3) is 0.143. The molecule has 4 nitrogen and oxygen atoms in total. The number of carbonyl (C=O) groups excluding carboxylic acids is 1. The second-order valence-corrected chi connectivity index (χ2v) is 3.83. The molecule has 0 aliphatic carbocycles. The molecule has 92 valence electrons. The fourth-order valence-electron chi connectivity index (χ4n) is 1.63. The summed E-state index contributed by atoms with van der Waals surface area (Å²) in [5, 5.41) is 2.84. The lowest BCUT2D eigenvalue weighted by atomic mass is 10.2. The predicted molar refractivity (Wildman–Crippen MR) is 69.9 cm³/mol. The minimum atomic E-state index is -0.228. The van der Waals surface area contributed by atoms with Gasteiger partial charge in [-0.2, -0.15) is 0 Å². The number of nitrogens with one attached hydrogen (secondary N) is 1. The molecule has 0 unspecified atom stereocenters. The van der Waals surface area contributed by atoms with Gasteiger partial charge in [-0.3, -0.25) is 4.79 Å². The summed E-state index contributed by atoms with van der Waals surface area (Å²) in [5.74, 6) is 0.0952. The molecule has 0 fully saturated rings. The Bertz CT molecular complexity index is 567. The van der Waals surface area contributed by atoms with E-state index in [4.69, 9.17) is 4.74 Å². The maximum Gasteiger partial charge on any atom is 0.261 e. The van der Waals surface area contributed by atoms with E-state index in [1.54, 1.807) is 18.3 Å². The molecular formula is C14H14N2O2. The zero-order valence-corrected chi connectivity index (χ0v) is 10.3. The average molecular weight is 242 g/mol. The van der Waals surface area contributed by atoms with Crippen molar-refractivity contribution < 1.29 is 9.53 Å². The molecule has 0 atom stereocenters. The van der Waals surface area contributed by atoms with Crippen molar-refractivity contribution in [3.05, 3.63) is 53.7 Å². The molecule has 1 amide bonds. The van der Waals surface area contributed by atoms with E-state index < -0.39 is 0 Å². The number of hydrogen-bond acceptors (Lipinski definition) is 3. The molecule has 18 heavy (non-hydrogen) atoms. The second-order valence-electron chi connectivity index (χ2n) is 3.83. The van der Waals surface area contributed by atoms with Gasteiger partial charge in [0.2, 0.25) is 5.88 Å². The van der Waals surface area contributed by atoms with Crippen LogP contribution >= 0.6 is 0 Å². The molecule has 0 bridgehead atoms. The molecule has 0 aliphatic rings. The van der Waals surface area contributed by atoms with Crippen LogP contribution in [0, 0.1) is 6.92 Å². The van der Waals surface area contributed by atoms with Crippen molar-refractivity contribution in [3.8, 4) is 5.88 Å². The molecule has 1 aromatic heterocycles. The van der Waals surface area contributed by atoms with Crippen molar-refractivity contribution in [2.75, 3.05) is 12.4 Å². The number of pyridine rings is 1. The largest absolute Gasteiger partial charge is 0.480 e. The number of anilines is 1. The standard InChI is InChI=1S/C14H14N2O2/c1-10-6-3-4-8-12(10)16-13(17)11-7-5-9-15-14(11)18-2/h3-9H,1-2H3,(H,16,17). The summed E-state index contributed by atoms with van der Waals surface area (Å²) in [6.45, 7) is 1.94. The van der Waals surface area contributed by atoms with E-state index in [-0.39, 0.29) is 5.91 Å². The molecule has 0 aliphatic heterocycles. The van der Waals surface area contributed by atoms with Gasteiger partial charge in [0.15, 0.2) is 0 Å². The van der Waals surface area contributed by atoms with E-state index in [2.05, 4.69) is 10.3 Å². The van der Waals surface area contributed by atoms with Gasteiger partial charge < -0.3 is 10.1 Å². The van der Waals surface area contributed by atoms with E-state index in [0.717, 1.165) is 11.3 Å². The first-order valence-electron chi connectivity index (χ1n) is 5.58. The first kappa shape index (κ1) is 12.1. The zero-order chi connectivity index (χ0) is 13.0. The van der Waals surface area contributed by atoms with E-state index >= 15 is 0 Å². The number of carbonyl (C=O) groups is 1. The molecule has 4 heteroatoms. The van der Waals surface area contributed by atoms with Gasteiger partial charge in [0.05, 0.1) is 7.11 Å². The van der Waals surface area contributed by atoms with Crippen LogP contribution in [-0.2, 0) is 0 Å². The quantitative estimate of drug-likeness (QED) is 0.900. The molecule has 0 spiro atoms. The van der Waals surface area contributed by atoms with Gasteiger partial charge in [0.25, 0.3) is 5.91 Å². The highest BCUT2D eigenvalue weighted by Gasteiger charge is 2.13. The third-order valence-corrected chi connectivity index (χ3v) is 2.60.